The second-order valence-corrected chi connectivity index (χ2v) is 5.27. The van der Waals surface area contributed by atoms with Crippen LogP contribution in [-0.4, -0.2) is 17.9 Å². The number of nitrogen functional groups attached to an aromatic ring is 1. The van der Waals surface area contributed by atoms with E-state index in [2.05, 4.69) is 20.9 Å². The van der Waals surface area contributed by atoms with E-state index in [1.807, 2.05) is 24.1 Å². The van der Waals surface area contributed by atoms with Gasteiger partial charge in [0.2, 0.25) is 0 Å². The number of hydrogen-bond acceptors (Lipinski definition) is 3. The fourth-order valence-corrected chi connectivity index (χ4v) is 2.55. The predicted octanol–water partition coefficient (Wildman–Crippen LogP) is 3.55. The molecule has 0 atom stereocenters. The van der Waals surface area contributed by atoms with E-state index < -0.39 is 0 Å². The summed E-state index contributed by atoms with van der Waals surface area (Å²) in [5.41, 5.74) is 7.07. The Morgan fingerprint density at radius 1 is 1.37 bits per heavy atom. The topological polar surface area (TPSA) is 66.0 Å². The summed E-state index contributed by atoms with van der Waals surface area (Å²) in [6.07, 6.45) is 1.60. The van der Waals surface area contributed by atoms with Crippen LogP contribution in [0.5, 0.6) is 0 Å². The quantitative estimate of drug-likeness (QED) is 0.664. The van der Waals surface area contributed by atoms with Crippen molar-refractivity contribution in [2.24, 2.45) is 5.73 Å². The molecule has 1 aromatic heterocycles. The van der Waals surface area contributed by atoms with E-state index in [4.69, 9.17) is 22.7 Å². The van der Waals surface area contributed by atoms with Crippen LogP contribution in [0.4, 0.5) is 11.5 Å². The normalized spacial score (nSPS) is 10.3. The Bertz CT molecular complexity index is 613. The summed E-state index contributed by atoms with van der Waals surface area (Å²) < 4.78 is 0.818. The Balaban J connectivity index is 2.33. The average molecular weight is 340 g/mol. The van der Waals surface area contributed by atoms with E-state index >= 15 is 0 Å². The molecule has 98 valence electrons. The summed E-state index contributed by atoms with van der Waals surface area (Å²) in [5, 5.41) is 7.94. The molecule has 0 aliphatic heterocycles. The summed E-state index contributed by atoms with van der Waals surface area (Å²) in [6.45, 7) is 0. The van der Waals surface area contributed by atoms with Crippen LogP contribution in [0.2, 0.25) is 5.02 Å². The summed E-state index contributed by atoms with van der Waals surface area (Å²) >= 11 is 9.31. The van der Waals surface area contributed by atoms with Crippen LogP contribution in [0, 0.1) is 5.41 Å². The Hall–Kier alpha value is -1.59. The first-order valence-corrected chi connectivity index (χ1v) is 6.65. The first-order chi connectivity index (χ1) is 8.99. The van der Waals surface area contributed by atoms with Crippen molar-refractivity contribution in [2.75, 3.05) is 11.9 Å². The molecule has 0 saturated heterocycles. The molecule has 0 amide bonds. The fraction of sp³-hybridized carbons (Fsp3) is 0.0769. The standard InChI is InChI=1S/C13H12BrClN4/c1-19(13-11(14)6-9(15)7-18-13)10-4-2-8(3-5-10)12(16)17/h2-7H,1H3,(H3,16,17). The van der Waals surface area contributed by atoms with E-state index in [1.54, 1.807) is 24.4 Å². The minimum Gasteiger partial charge on any atom is -0.384 e. The number of amidine groups is 1. The number of benzene rings is 1. The van der Waals surface area contributed by atoms with Gasteiger partial charge in [0, 0.05) is 24.5 Å². The van der Waals surface area contributed by atoms with Gasteiger partial charge >= 0.3 is 0 Å². The molecule has 1 heterocycles. The van der Waals surface area contributed by atoms with E-state index in [0.29, 0.717) is 10.6 Å². The number of nitrogens with zero attached hydrogens (tertiary/aromatic N) is 2. The maximum atomic E-state index is 7.36. The van der Waals surface area contributed by atoms with Gasteiger partial charge in [0.25, 0.3) is 0 Å². The monoisotopic (exact) mass is 338 g/mol. The van der Waals surface area contributed by atoms with Gasteiger partial charge in [-0.05, 0) is 46.3 Å². The van der Waals surface area contributed by atoms with Crippen molar-refractivity contribution in [3.8, 4) is 0 Å². The molecule has 0 aliphatic carbocycles. The minimum absolute atomic E-state index is 0.0556. The highest BCUT2D eigenvalue weighted by atomic mass is 79.9. The van der Waals surface area contributed by atoms with Gasteiger partial charge < -0.3 is 10.6 Å². The third-order valence-electron chi connectivity index (χ3n) is 2.67. The van der Waals surface area contributed by atoms with Crippen molar-refractivity contribution in [3.05, 3.63) is 51.6 Å². The van der Waals surface area contributed by atoms with Crippen molar-refractivity contribution in [2.45, 2.75) is 0 Å². The van der Waals surface area contributed by atoms with Gasteiger partial charge in [0.15, 0.2) is 0 Å². The van der Waals surface area contributed by atoms with Crippen LogP contribution in [0.3, 0.4) is 0 Å². The minimum atomic E-state index is 0.0556. The van der Waals surface area contributed by atoms with E-state index in [-0.39, 0.29) is 5.84 Å². The summed E-state index contributed by atoms with van der Waals surface area (Å²) in [6, 6.07) is 9.18. The zero-order chi connectivity index (χ0) is 14.0. The van der Waals surface area contributed by atoms with E-state index in [1.165, 1.54) is 0 Å². The smallest absolute Gasteiger partial charge is 0.147 e. The van der Waals surface area contributed by atoms with Gasteiger partial charge in [-0.1, -0.05) is 11.6 Å². The number of halogens is 2. The van der Waals surface area contributed by atoms with E-state index in [9.17, 15) is 0 Å². The molecular weight excluding hydrogens is 328 g/mol. The molecule has 3 N–H and O–H groups in total. The predicted molar refractivity (Wildman–Crippen MR) is 82.5 cm³/mol. The van der Waals surface area contributed by atoms with Gasteiger partial charge in [-0.2, -0.15) is 0 Å². The largest absolute Gasteiger partial charge is 0.384 e. The Morgan fingerprint density at radius 2 is 2.00 bits per heavy atom. The van der Waals surface area contributed by atoms with Gasteiger partial charge in [-0.25, -0.2) is 4.98 Å². The van der Waals surface area contributed by atoms with Gasteiger partial charge in [0.05, 0.1) is 9.50 Å². The third kappa shape index (κ3) is 3.05. The van der Waals surface area contributed by atoms with Crippen LogP contribution in [-0.2, 0) is 0 Å². The molecule has 0 fully saturated rings. The SMILES string of the molecule is CN(c1ccc(C(=N)N)cc1)c1ncc(Cl)cc1Br. The third-order valence-corrected chi connectivity index (χ3v) is 3.46. The highest BCUT2D eigenvalue weighted by Crippen LogP contribution is 2.30. The fourth-order valence-electron chi connectivity index (χ4n) is 1.64. The number of hydrogen-bond donors (Lipinski definition) is 2. The molecule has 0 bridgehead atoms. The highest BCUT2D eigenvalue weighted by molar-refractivity contribution is 9.10. The molecule has 0 saturated carbocycles. The summed E-state index contributed by atoms with van der Waals surface area (Å²) in [7, 11) is 1.91. The van der Waals surface area contributed by atoms with Crippen LogP contribution in [0.25, 0.3) is 0 Å². The van der Waals surface area contributed by atoms with Crippen molar-refractivity contribution in [3.63, 3.8) is 0 Å². The first kappa shape index (κ1) is 13.8. The zero-order valence-electron chi connectivity index (χ0n) is 10.2. The molecule has 6 heteroatoms. The van der Waals surface area contributed by atoms with Crippen molar-refractivity contribution >= 4 is 44.9 Å². The van der Waals surface area contributed by atoms with E-state index in [0.717, 1.165) is 16.0 Å². The second kappa shape index (κ2) is 5.59. The molecular formula is C13H12BrClN4. The first-order valence-electron chi connectivity index (χ1n) is 5.48. The number of anilines is 2. The Morgan fingerprint density at radius 3 is 2.53 bits per heavy atom. The number of pyridine rings is 1. The molecule has 0 spiro atoms. The molecule has 2 rings (SSSR count). The molecule has 0 radical (unpaired) electrons. The van der Waals surface area contributed by atoms with Crippen LogP contribution < -0.4 is 10.6 Å². The number of aromatic nitrogens is 1. The van der Waals surface area contributed by atoms with Gasteiger partial charge in [-0.3, -0.25) is 5.41 Å². The molecule has 19 heavy (non-hydrogen) atoms. The molecule has 4 nitrogen and oxygen atoms in total. The van der Waals surface area contributed by atoms with Crippen LogP contribution in [0.1, 0.15) is 5.56 Å². The average Bonchev–Trinajstić information content (AvgIpc) is 2.38. The van der Waals surface area contributed by atoms with Crippen LogP contribution >= 0.6 is 27.5 Å². The highest BCUT2D eigenvalue weighted by Gasteiger charge is 2.10. The van der Waals surface area contributed by atoms with Crippen molar-refractivity contribution in [1.82, 2.24) is 4.98 Å². The lowest BCUT2D eigenvalue weighted by Crippen LogP contribution is -2.13. The lowest BCUT2D eigenvalue weighted by molar-refractivity contribution is 1.12. The molecule has 1 aromatic carbocycles. The number of nitrogens with two attached hydrogens (primary N) is 1. The number of nitrogens with one attached hydrogen (secondary N) is 1. The summed E-state index contributed by atoms with van der Waals surface area (Å²) in [5.74, 6) is 0.819. The van der Waals surface area contributed by atoms with Crippen molar-refractivity contribution < 1.29 is 0 Å². The maximum Gasteiger partial charge on any atom is 0.147 e. The zero-order valence-corrected chi connectivity index (χ0v) is 12.5. The van der Waals surface area contributed by atoms with Crippen molar-refractivity contribution in [1.29, 1.82) is 5.41 Å². The Kier molecular flexibility index (Phi) is 4.07. The maximum absolute atomic E-state index is 7.36. The van der Waals surface area contributed by atoms with Crippen LogP contribution in [0.15, 0.2) is 41.0 Å². The van der Waals surface area contributed by atoms with Gasteiger partial charge in [0.1, 0.15) is 11.7 Å². The molecule has 2 aromatic rings. The second-order valence-electron chi connectivity index (χ2n) is 3.98. The molecule has 0 unspecified atom stereocenters. The Labute approximate surface area is 124 Å². The summed E-state index contributed by atoms with van der Waals surface area (Å²) in [4.78, 5) is 6.21. The number of rotatable bonds is 3. The lowest BCUT2D eigenvalue weighted by Gasteiger charge is -2.20. The lowest BCUT2D eigenvalue weighted by atomic mass is 10.2. The van der Waals surface area contributed by atoms with Gasteiger partial charge in [-0.15, -0.1) is 0 Å². The molecule has 0 aliphatic rings.